The van der Waals surface area contributed by atoms with Crippen molar-refractivity contribution in [3.63, 3.8) is 0 Å². The van der Waals surface area contributed by atoms with E-state index in [1.54, 1.807) is 14.0 Å². The zero-order valence-corrected chi connectivity index (χ0v) is 15.1. The predicted octanol–water partition coefficient (Wildman–Crippen LogP) is 3.46. The molecular formula is C18H22ClFO5. The molecule has 1 fully saturated rings. The van der Waals surface area contributed by atoms with Gasteiger partial charge in [0.15, 0.2) is 0 Å². The Morgan fingerprint density at radius 3 is 2.56 bits per heavy atom. The van der Waals surface area contributed by atoms with E-state index in [1.807, 2.05) is 0 Å². The molecular weight excluding hydrogens is 351 g/mol. The van der Waals surface area contributed by atoms with Crippen LogP contribution in [0, 0.1) is 5.82 Å². The van der Waals surface area contributed by atoms with Gasteiger partial charge in [0.2, 0.25) is 5.60 Å². The molecule has 0 atom stereocenters. The number of rotatable bonds is 6. The lowest BCUT2D eigenvalue weighted by molar-refractivity contribution is -0.189. The Hall–Kier alpha value is -1.66. The maximum atomic E-state index is 13.9. The number of ether oxygens (including phenoxy) is 3. The summed E-state index contributed by atoms with van der Waals surface area (Å²) >= 11 is 5.95. The first-order chi connectivity index (χ1) is 11.9. The van der Waals surface area contributed by atoms with E-state index in [1.165, 1.54) is 18.2 Å². The lowest BCUT2D eigenvalue weighted by Crippen LogP contribution is -2.48. The molecule has 0 saturated heterocycles. The highest BCUT2D eigenvalue weighted by molar-refractivity contribution is 6.31. The number of hydrogen-bond acceptors (Lipinski definition) is 5. The number of carbonyl (C=O) groups excluding carboxylic acids is 2. The highest BCUT2D eigenvalue weighted by atomic mass is 35.5. The van der Waals surface area contributed by atoms with Crippen molar-refractivity contribution in [3.05, 3.63) is 34.6 Å². The van der Waals surface area contributed by atoms with Crippen LogP contribution in [0.15, 0.2) is 18.2 Å². The Bertz CT molecular complexity index is 606. The van der Waals surface area contributed by atoms with Crippen molar-refractivity contribution in [2.24, 2.45) is 0 Å². The first-order valence-corrected chi connectivity index (χ1v) is 8.64. The van der Waals surface area contributed by atoms with Gasteiger partial charge < -0.3 is 14.2 Å². The van der Waals surface area contributed by atoms with Gasteiger partial charge in [-0.25, -0.2) is 9.18 Å². The van der Waals surface area contributed by atoms with Gasteiger partial charge in [-0.05, 0) is 31.9 Å². The molecule has 0 amide bonds. The van der Waals surface area contributed by atoms with E-state index in [0.29, 0.717) is 25.7 Å². The van der Waals surface area contributed by atoms with Gasteiger partial charge in [0, 0.05) is 30.5 Å². The fraction of sp³-hybridized carbons (Fsp3) is 0.556. The Kier molecular flexibility index (Phi) is 6.79. The molecule has 1 aliphatic rings. The summed E-state index contributed by atoms with van der Waals surface area (Å²) in [6.07, 6.45) is 1.43. The lowest BCUT2D eigenvalue weighted by Gasteiger charge is -2.36. The Balaban J connectivity index is 2.13. The fourth-order valence-electron chi connectivity index (χ4n) is 3.00. The third kappa shape index (κ3) is 4.70. The SMILES string of the molecule is CCOC(=O)C1(OC(=O)Cc2c(F)cccc2Cl)CCC(OC)CC1. The minimum atomic E-state index is -1.35. The average molecular weight is 373 g/mol. The summed E-state index contributed by atoms with van der Waals surface area (Å²) in [5.74, 6) is -1.87. The molecule has 138 valence electrons. The summed E-state index contributed by atoms with van der Waals surface area (Å²) in [5.41, 5.74) is -1.29. The molecule has 0 spiro atoms. The molecule has 0 unspecified atom stereocenters. The van der Waals surface area contributed by atoms with Gasteiger partial charge in [-0.3, -0.25) is 4.79 Å². The van der Waals surface area contributed by atoms with Crippen molar-refractivity contribution in [1.82, 2.24) is 0 Å². The van der Waals surface area contributed by atoms with Gasteiger partial charge >= 0.3 is 11.9 Å². The zero-order valence-electron chi connectivity index (χ0n) is 14.3. The molecule has 2 rings (SSSR count). The summed E-state index contributed by atoms with van der Waals surface area (Å²) in [5, 5.41) is 0.144. The molecule has 0 N–H and O–H groups in total. The predicted molar refractivity (Wildman–Crippen MR) is 89.8 cm³/mol. The van der Waals surface area contributed by atoms with Crippen LogP contribution >= 0.6 is 11.6 Å². The van der Waals surface area contributed by atoms with E-state index in [4.69, 9.17) is 25.8 Å². The van der Waals surface area contributed by atoms with Crippen LogP contribution in [-0.4, -0.2) is 37.4 Å². The maximum Gasteiger partial charge on any atom is 0.350 e. The van der Waals surface area contributed by atoms with E-state index in [2.05, 4.69) is 0 Å². The van der Waals surface area contributed by atoms with Crippen molar-refractivity contribution in [2.45, 2.75) is 50.7 Å². The van der Waals surface area contributed by atoms with Crippen molar-refractivity contribution in [3.8, 4) is 0 Å². The molecule has 0 radical (unpaired) electrons. The second kappa shape index (κ2) is 8.63. The van der Waals surface area contributed by atoms with Crippen molar-refractivity contribution >= 4 is 23.5 Å². The van der Waals surface area contributed by atoms with E-state index in [9.17, 15) is 14.0 Å². The minimum Gasteiger partial charge on any atom is -0.463 e. The molecule has 0 heterocycles. The zero-order chi connectivity index (χ0) is 18.4. The largest absolute Gasteiger partial charge is 0.463 e. The molecule has 1 aromatic carbocycles. The third-order valence-corrected chi connectivity index (χ3v) is 4.77. The van der Waals surface area contributed by atoms with Gasteiger partial charge in [0.25, 0.3) is 0 Å². The van der Waals surface area contributed by atoms with Crippen molar-refractivity contribution < 1.29 is 28.2 Å². The summed E-state index contributed by atoms with van der Waals surface area (Å²) in [4.78, 5) is 24.8. The standard InChI is InChI=1S/C18H22ClFO5/c1-3-24-17(22)18(9-7-12(23-2)8-10-18)25-16(21)11-13-14(19)5-4-6-15(13)20/h4-6,12H,3,7-11H2,1-2H3. The Morgan fingerprint density at radius 2 is 2.00 bits per heavy atom. The van der Waals surface area contributed by atoms with Crippen LogP contribution in [-0.2, 0) is 30.2 Å². The number of hydrogen-bond donors (Lipinski definition) is 0. The summed E-state index contributed by atoms with van der Waals surface area (Å²) in [7, 11) is 1.61. The van der Waals surface area contributed by atoms with Crippen LogP contribution < -0.4 is 0 Å². The highest BCUT2D eigenvalue weighted by Gasteiger charge is 2.47. The van der Waals surface area contributed by atoms with Crippen molar-refractivity contribution in [2.75, 3.05) is 13.7 Å². The topological polar surface area (TPSA) is 61.8 Å². The lowest BCUT2D eigenvalue weighted by atomic mass is 9.83. The molecule has 0 aliphatic heterocycles. The normalized spacial score (nSPS) is 23.1. The van der Waals surface area contributed by atoms with E-state index in [0.717, 1.165) is 0 Å². The first kappa shape index (κ1) is 19.7. The van der Waals surface area contributed by atoms with Crippen LogP contribution in [0.2, 0.25) is 5.02 Å². The van der Waals surface area contributed by atoms with Crippen LogP contribution in [0.25, 0.3) is 0 Å². The Morgan fingerprint density at radius 1 is 1.32 bits per heavy atom. The quantitative estimate of drug-likeness (QED) is 0.716. The number of benzene rings is 1. The summed E-state index contributed by atoms with van der Waals surface area (Å²) in [6.45, 7) is 1.87. The number of esters is 2. The molecule has 1 aromatic rings. The van der Waals surface area contributed by atoms with Gasteiger partial charge in [-0.15, -0.1) is 0 Å². The molecule has 5 nitrogen and oxygen atoms in total. The van der Waals surface area contributed by atoms with Crippen LogP contribution in [0.3, 0.4) is 0 Å². The van der Waals surface area contributed by atoms with Crippen LogP contribution in [0.4, 0.5) is 4.39 Å². The van der Waals surface area contributed by atoms with Gasteiger partial charge in [-0.1, -0.05) is 17.7 Å². The molecule has 0 aromatic heterocycles. The number of halogens is 2. The second-order valence-electron chi connectivity index (χ2n) is 6.00. The van der Waals surface area contributed by atoms with E-state index >= 15 is 0 Å². The molecule has 7 heteroatoms. The molecule has 0 bridgehead atoms. The first-order valence-electron chi connectivity index (χ1n) is 8.26. The van der Waals surface area contributed by atoms with Crippen LogP contribution in [0.1, 0.15) is 38.2 Å². The highest BCUT2D eigenvalue weighted by Crippen LogP contribution is 2.35. The van der Waals surface area contributed by atoms with Gasteiger partial charge in [0.1, 0.15) is 5.82 Å². The van der Waals surface area contributed by atoms with Gasteiger partial charge in [0.05, 0.1) is 19.1 Å². The molecule has 25 heavy (non-hydrogen) atoms. The average Bonchev–Trinajstić information content (AvgIpc) is 2.59. The van der Waals surface area contributed by atoms with Crippen LogP contribution in [0.5, 0.6) is 0 Å². The number of carbonyl (C=O) groups is 2. The molecule has 1 aliphatic carbocycles. The summed E-state index contributed by atoms with van der Waals surface area (Å²) < 4.78 is 29.8. The maximum absolute atomic E-state index is 13.9. The van der Waals surface area contributed by atoms with Crippen molar-refractivity contribution in [1.29, 1.82) is 0 Å². The number of methoxy groups -OCH3 is 1. The van der Waals surface area contributed by atoms with E-state index in [-0.39, 0.29) is 29.7 Å². The van der Waals surface area contributed by atoms with Gasteiger partial charge in [-0.2, -0.15) is 0 Å². The monoisotopic (exact) mass is 372 g/mol. The summed E-state index contributed by atoms with van der Waals surface area (Å²) in [6, 6.07) is 4.18. The molecule has 1 saturated carbocycles. The van der Waals surface area contributed by atoms with E-state index < -0.39 is 23.4 Å². The Labute approximate surface area is 151 Å². The fourth-order valence-corrected chi connectivity index (χ4v) is 3.23. The third-order valence-electron chi connectivity index (χ3n) is 4.41. The minimum absolute atomic E-state index is 0.0160. The smallest absolute Gasteiger partial charge is 0.350 e. The second-order valence-corrected chi connectivity index (χ2v) is 6.41.